The molecule has 102 valence electrons. The molecule has 0 atom stereocenters. The number of nitrogens with zero attached hydrogens (tertiary/aromatic N) is 2. The van der Waals surface area contributed by atoms with Crippen LogP contribution in [0, 0.1) is 0 Å². The van der Waals surface area contributed by atoms with Crippen molar-refractivity contribution in [3.05, 3.63) is 35.8 Å². The van der Waals surface area contributed by atoms with Crippen molar-refractivity contribution in [3.63, 3.8) is 0 Å². The Balaban J connectivity index is 2.07. The predicted molar refractivity (Wildman–Crippen MR) is 72.7 cm³/mol. The number of benzene rings is 1. The summed E-state index contributed by atoms with van der Waals surface area (Å²) < 4.78 is 0. The number of imidazole rings is 1. The Hall–Kier alpha value is -2.63. The number of carbonyl (C=O) groups is 2. The molecule has 20 heavy (non-hydrogen) atoms. The number of hydrogen-bond donors (Lipinski definition) is 2. The lowest BCUT2D eigenvalue weighted by Gasteiger charge is -2.26. The molecule has 2 heterocycles. The zero-order chi connectivity index (χ0) is 14.3. The van der Waals surface area contributed by atoms with E-state index in [4.69, 9.17) is 5.11 Å². The molecule has 0 bridgehead atoms. The minimum atomic E-state index is -1.04. The summed E-state index contributed by atoms with van der Waals surface area (Å²) in [6.07, 6.45) is 2.51. The molecule has 0 unspecified atom stereocenters. The zero-order valence-corrected chi connectivity index (χ0v) is 10.9. The number of anilines is 1. The molecule has 1 aromatic heterocycles. The highest BCUT2D eigenvalue weighted by Gasteiger charge is 2.22. The van der Waals surface area contributed by atoms with E-state index in [0.717, 1.165) is 16.8 Å². The average molecular weight is 271 g/mol. The van der Waals surface area contributed by atoms with Crippen molar-refractivity contribution in [3.8, 4) is 11.3 Å². The molecule has 2 aromatic rings. The number of aromatic amines is 1. The fraction of sp³-hybridized carbons (Fsp3) is 0.214. The topological polar surface area (TPSA) is 86.3 Å². The van der Waals surface area contributed by atoms with E-state index in [1.807, 2.05) is 12.1 Å². The zero-order valence-electron chi connectivity index (χ0n) is 10.9. The molecule has 3 rings (SSSR count). The van der Waals surface area contributed by atoms with Gasteiger partial charge in [-0.25, -0.2) is 9.78 Å². The molecule has 0 saturated carbocycles. The van der Waals surface area contributed by atoms with E-state index >= 15 is 0 Å². The molecule has 1 amide bonds. The molecule has 2 N–H and O–H groups in total. The SMILES string of the molecule is CN1C(=O)CCc2cc(-c3nc[nH]c3C(=O)O)ccc21. The highest BCUT2D eigenvalue weighted by atomic mass is 16.4. The molecular formula is C14H13N3O3. The van der Waals surface area contributed by atoms with Crippen LogP contribution in [0.2, 0.25) is 0 Å². The first-order chi connectivity index (χ1) is 9.58. The van der Waals surface area contributed by atoms with Gasteiger partial charge in [0, 0.05) is 24.7 Å². The number of carbonyl (C=O) groups excluding carboxylic acids is 1. The van der Waals surface area contributed by atoms with Gasteiger partial charge in [0.2, 0.25) is 5.91 Å². The van der Waals surface area contributed by atoms with Crippen LogP contribution in [-0.2, 0) is 11.2 Å². The molecule has 0 fully saturated rings. The minimum Gasteiger partial charge on any atom is -0.477 e. The lowest BCUT2D eigenvalue weighted by Crippen LogP contribution is -2.31. The van der Waals surface area contributed by atoms with Crippen molar-refractivity contribution in [2.24, 2.45) is 0 Å². The van der Waals surface area contributed by atoms with Crippen molar-refractivity contribution < 1.29 is 14.7 Å². The van der Waals surface area contributed by atoms with Gasteiger partial charge in [0.25, 0.3) is 0 Å². The summed E-state index contributed by atoms with van der Waals surface area (Å²) in [4.78, 5) is 31.1. The third-order valence-corrected chi connectivity index (χ3v) is 3.55. The van der Waals surface area contributed by atoms with E-state index in [0.29, 0.717) is 18.5 Å². The Labute approximate surface area is 115 Å². The second-order valence-corrected chi connectivity index (χ2v) is 4.73. The van der Waals surface area contributed by atoms with Crippen LogP contribution >= 0.6 is 0 Å². The number of carboxylic acids is 1. The Morgan fingerprint density at radius 1 is 1.40 bits per heavy atom. The van der Waals surface area contributed by atoms with E-state index in [-0.39, 0.29) is 11.6 Å². The number of H-pyrrole nitrogens is 1. The van der Waals surface area contributed by atoms with Crippen LogP contribution in [0.3, 0.4) is 0 Å². The highest BCUT2D eigenvalue weighted by molar-refractivity contribution is 5.97. The summed E-state index contributed by atoms with van der Waals surface area (Å²) in [6.45, 7) is 0. The average Bonchev–Trinajstić information content (AvgIpc) is 2.92. The summed E-state index contributed by atoms with van der Waals surface area (Å²) in [5.41, 5.74) is 3.14. The smallest absolute Gasteiger partial charge is 0.354 e. The number of aromatic nitrogens is 2. The van der Waals surface area contributed by atoms with Crippen LogP contribution in [0.25, 0.3) is 11.3 Å². The van der Waals surface area contributed by atoms with Crippen LogP contribution in [0.4, 0.5) is 5.69 Å². The van der Waals surface area contributed by atoms with Gasteiger partial charge in [0.1, 0.15) is 5.69 Å². The Morgan fingerprint density at radius 2 is 2.20 bits per heavy atom. The van der Waals surface area contributed by atoms with Gasteiger partial charge in [-0.3, -0.25) is 4.79 Å². The number of aromatic carboxylic acids is 1. The first-order valence-electron chi connectivity index (χ1n) is 6.24. The fourth-order valence-electron chi connectivity index (χ4n) is 2.48. The van der Waals surface area contributed by atoms with Crippen molar-refractivity contribution >= 4 is 17.6 Å². The number of rotatable bonds is 2. The number of aryl methyl sites for hydroxylation is 1. The Kier molecular flexibility index (Phi) is 2.78. The lowest BCUT2D eigenvalue weighted by atomic mass is 9.97. The van der Waals surface area contributed by atoms with Gasteiger partial charge >= 0.3 is 5.97 Å². The molecule has 1 aliphatic rings. The van der Waals surface area contributed by atoms with Crippen molar-refractivity contribution in [2.45, 2.75) is 12.8 Å². The highest BCUT2D eigenvalue weighted by Crippen LogP contribution is 2.31. The maximum absolute atomic E-state index is 11.6. The molecule has 6 heteroatoms. The molecule has 6 nitrogen and oxygen atoms in total. The predicted octanol–water partition coefficient (Wildman–Crippen LogP) is 1.68. The summed E-state index contributed by atoms with van der Waals surface area (Å²) in [7, 11) is 1.75. The monoisotopic (exact) mass is 271 g/mol. The Bertz CT molecular complexity index is 705. The van der Waals surface area contributed by atoms with Crippen molar-refractivity contribution in [1.82, 2.24) is 9.97 Å². The largest absolute Gasteiger partial charge is 0.477 e. The second kappa shape index (κ2) is 4.48. The summed E-state index contributed by atoms with van der Waals surface area (Å²) in [5, 5.41) is 9.11. The molecule has 1 aliphatic heterocycles. The number of nitrogens with one attached hydrogen (secondary N) is 1. The fourth-order valence-corrected chi connectivity index (χ4v) is 2.48. The first-order valence-corrected chi connectivity index (χ1v) is 6.24. The normalized spacial score (nSPS) is 14.2. The quantitative estimate of drug-likeness (QED) is 0.870. The summed E-state index contributed by atoms with van der Waals surface area (Å²) >= 11 is 0. The standard InChI is InChI=1S/C14H13N3O3/c1-17-10-4-2-9(6-8(10)3-5-11(17)18)12-13(14(19)20)16-7-15-12/h2,4,6-7H,3,5H2,1H3,(H,15,16)(H,19,20). The maximum atomic E-state index is 11.6. The van der Waals surface area contributed by atoms with Crippen LogP contribution in [0.1, 0.15) is 22.5 Å². The molecule has 0 saturated heterocycles. The number of fused-ring (bicyclic) bond motifs is 1. The van der Waals surface area contributed by atoms with E-state index in [2.05, 4.69) is 9.97 Å². The number of carboxylic acid groups (broad SMARTS) is 1. The van der Waals surface area contributed by atoms with Crippen molar-refractivity contribution in [2.75, 3.05) is 11.9 Å². The van der Waals surface area contributed by atoms with Gasteiger partial charge in [0.15, 0.2) is 5.69 Å². The third-order valence-electron chi connectivity index (χ3n) is 3.55. The molecule has 0 spiro atoms. The van der Waals surface area contributed by atoms with Crippen molar-refractivity contribution in [1.29, 1.82) is 0 Å². The maximum Gasteiger partial charge on any atom is 0.354 e. The molecule has 0 aliphatic carbocycles. The third kappa shape index (κ3) is 1.85. The summed E-state index contributed by atoms with van der Waals surface area (Å²) in [5.74, 6) is -0.946. The van der Waals surface area contributed by atoms with E-state index in [1.54, 1.807) is 18.0 Å². The van der Waals surface area contributed by atoms with E-state index < -0.39 is 5.97 Å². The molecule has 1 aromatic carbocycles. The first kappa shape index (κ1) is 12.4. The van der Waals surface area contributed by atoms with Gasteiger partial charge < -0.3 is 15.0 Å². The van der Waals surface area contributed by atoms with Crippen LogP contribution in [0.15, 0.2) is 24.5 Å². The van der Waals surface area contributed by atoms with Crippen LogP contribution < -0.4 is 4.90 Å². The van der Waals surface area contributed by atoms with Gasteiger partial charge in [-0.2, -0.15) is 0 Å². The second-order valence-electron chi connectivity index (χ2n) is 4.73. The Morgan fingerprint density at radius 3 is 2.95 bits per heavy atom. The number of amides is 1. The van der Waals surface area contributed by atoms with Gasteiger partial charge in [-0.05, 0) is 24.1 Å². The lowest BCUT2D eigenvalue weighted by molar-refractivity contribution is -0.118. The van der Waals surface area contributed by atoms with E-state index in [1.165, 1.54) is 6.33 Å². The number of hydrogen-bond acceptors (Lipinski definition) is 3. The summed E-state index contributed by atoms with van der Waals surface area (Å²) in [6, 6.07) is 5.53. The van der Waals surface area contributed by atoms with Crippen LogP contribution in [-0.4, -0.2) is 34.0 Å². The van der Waals surface area contributed by atoms with Gasteiger partial charge in [0.05, 0.1) is 6.33 Å². The van der Waals surface area contributed by atoms with Gasteiger partial charge in [-0.1, -0.05) is 6.07 Å². The molecule has 0 radical (unpaired) electrons. The van der Waals surface area contributed by atoms with Crippen LogP contribution in [0.5, 0.6) is 0 Å². The minimum absolute atomic E-state index is 0.0743. The van der Waals surface area contributed by atoms with Gasteiger partial charge in [-0.15, -0.1) is 0 Å². The van der Waals surface area contributed by atoms with E-state index in [9.17, 15) is 9.59 Å². The molecular weight excluding hydrogens is 258 g/mol.